The summed E-state index contributed by atoms with van der Waals surface area (Å²) in [5.74, 6) is 0.276. The molecular formula is C46H58Cl2N2O6. The van der Waals surface area contributed by atoms with E-state index in [9.17, 15) is 9.59 Å². The minimum absolute atomic E-state index is 0. The van der Waals surface area contributed by atoms with Crippen LogP contribution in [0.3, 0.4) is 0 Å². The van der Waals surface area contributed by atoms with Crippen molar-refractivity contribution in [3.05, 3.63) is 124 Å². The van der Waals surface area contributed by atoms with Gasteiger partial charge < -0.3 is 28.7 Å². The molecule has 56 heavy (non-hydrogen) atoms. The van der Waals surface area contributed by atoms with E-state index in [1.54, 1.807) is 25.0 Å². The Kier molecular flexibility index (Phi) is 17.5. The van der Waals surface area contributed by atoms with Crippen molar-refractivity contribution in [1.29, 1.82) is 0 Å². The van der Waals surface area contributed by atoms with Crippen molar-refractivity contribution in [3.63, 3.8) is 0 Å². The Bertz CT molecular complexity index is 1770. The first kappa shape index (κ1) is 44.6. The number of fused-ring (bicyclic) bond motifs is 1. The minimum Gasteiger partial charge on any atom is -0.492 e. The van der Waals surface area contributed by atoms with Crippen LogP contribution in [-0.4, -0.2) is 69.4 Å². The highest BCUT2D eigenvalue weighted by molar-refractivity contribution is 6.30. The molecular weight excluding hydrogens is 747 g/mol. The number of carbonyl (C=O) groups excluding carboxylic acids is 2. The second-order valence-electron chi connectivity index (χ2n) is 15.3. The lowest BCUT2D eigenvalue weighted by atomic mass is 9.94. The molecule has 4 aromatic carbocycles. The molecule has 2 atom stereocenters. The fraction of sp³-hybridized carbons (Fsp3) is 0.435. The van der Waals surface area contributed by atoms with Crippen molar-refractivity contribution in [2.45, 2.75) is 78.4 Å². The number of esters is 1. The maximum atomic E-state index is 14.2. The predicted octanol–water partition coefficient (Wildman–Crippen LogP) is 9.93. The molecule has 10 heteroatoms. The van der Waals surface area contributed by atoms with Crippen molar-refractivity contribution in [2.75, 3.05) is 51.4 Å². The normalized spacial score (nSPS) is 15.5. The molecule has 0 unspecified atom stereocenters. The number of aryl methyl sites for hydroxylation is 2. The molecule has 1 heterocycles. The summed E-state index contributed by atoms with van der Waals surface area (Å²) in [5.41, 5.74) is 4.53. The van der Waals surface area contributed by atoms with Crippen LogP contribution >= 0.6 is 24.0 Å². The Hall–Kier alpha value is -4.08. The second kappa shape index (κ2) is 22.0. The molecule has 0 aliphatic carbocycles. The van der Waals surface area contributed by atoms with Gasteiger partial charge in [-0.15, -0.1) is 12.4 Å². The van der Waals surface area contributed by atoms with Crippen LogP contribution in [0.1, 0.15) is 81.7 Å². The average molecular weight is 806 g/mol. The Labute approximate surface area is 344 Å². The first-order valence-corrected chi connectivity index (χ1v) is 20.0. The third-order valence-electron chi connectivity index (χ3n) is 9.63. The predicted molar refractivity (Wildman–Crippen MR) is 228 cm³/mol. The zero-order chi connectivity index (χ0) is 39.2. The van der Waals surface area contributed by atoms with Gasteiger partial charge in [0.15, 0.2) is 11.5 Å². The first-order valence-electron chi connectivity index (χ1n) is 19.6. The molecule has 5 rings (SSSR count). The third-order valence-corrected chi connectivity index (χ3v) is 9.87. The lowest BCUT2D eigenvalue weighted by molar-refractivity contribution is -0.151. The van der Waals surface area contributed by atoms with Gasteiger partial charge in [-0.25, -0.2) is 0 Å². The van der Waals surface area contributed by atoms with Crippen LogP contribution in [0.15, 0.2) is 97.1 Å². The lowest BCUT2D eigenvalue weighted by Crippen LogP contribution is -2.44. The molecule has 0 radical (unpaired) electrons. The number of carbonyl (C=O) groups is 2. The topological polar surface area (TPSA) is 77.5 Å². The summed E-state index contributed by atoms with van der Waals surface area (Å²) >= 11 is 6.61. The number of ether oxygens (including phenoxy) is 4. The van der Waals surface area contributed by atoms with E-state index in [1.807, 2.05) is 30.3 Å². The van der Waals surface area contributed by atoms with E-state index in [1.165, 1.54) is 11.1 Å². The van der Waals surface area contributed by atoms with Gasteiger partial charge in [0.25, 0.3) is 5.91 Å². The number of hydrogen-bond donors (Lipinski definition) is 0. The molecule has 1 aliphatic heterocycles. The lowest BCUT2D eigenvalue weighted by Gasteiger charge is -2.31. The van der Waals surface area contributed by atoms with E-state index in [4.69, 9.17) is 30.5 Å². The Morgan fingerprint density at radius 2 is 1.46 bits per heavy atom. The second-order valence-corrected chi connectivity index (χ2v) is 15.7. The van der Waals surface area contributed by atoms with Gasteiger partial charge in [-0.1, -0.05) is 105 Å². The van der Waals surface area contributed by atoms with Gasteiger partial charge in [-0.2, -0.15) is 0 Å². The summed E-state index contributed by atoms with van der Waals surface area (Å²) in [7, 11) is 1.61. The molecule has 4 aromatic rings. The maximum absolute atomic E-state index is 14.2. The fourth-order valence-electron chi connectivity index (χ4n) is 7.13. The summed E-state index contributed by atoms with van der Waals surface area (Å²) in [6.45, 7) is 12.0. The number of amides is 1. The number of rotatable bonds is 19. The average Bonchev–Trinajstić information content (AvgIpc) is 3.26. The van der Waals surface area contributed by atoms with Crippen molar-refractivity contribution >= 4 is 41.6 Å². The molecule has 1 aliphatic rings. The van der Waals surface area contributed by atoms with Crippen LogP contribution in [-0.2, 0) is 31.9 Å². The SMILES string of the molecule is CCOC(=O)C[C@@H]1O[C@@H](c2cccc(OCCCN(CCCc3ccccc3)CCCc3ccccc3)c2OC)c2cc(Cl)ccc2N(CC(C)(C)C)C1=O.Cl. The van der Waals surface area contributed by atoms with Crippen molar-refractivity contribution < 1.29 is 28.5 Å². The molecule has 0 bridgehead atoms. The van der Waals surface area contributed by atoms with Crippen LogP contribution in [0.5, 0.6) is 11.5 Å². The van der Waals surface area contributed by atoms with Crippen LogP contribution in [0.4, 0.5) is 5.69 Å². The fourth-order valence-corrected chi connectivity index (χ4v) is 7.32. The highest BCUT2D eigenvalue weighted by Crippen LogP contribution is 2.45. The van der Waals surface area contributed by atoms with E-state index in [-0.39, 0.29) is 36.8 Å². The molecule has 1 amide bonds. The summed E-state index contributed by atoms with van der Waals surface area (Å²) in [6.07, 6.45) is 3.00. The molecule has 0 fully saturated rings. The van der Waals surface area contributed by atoms with Gasteiger partial charge in [-0.05, 0) is 92.9 Å². The standard InChI is InChI=1S/C46H57ClN2O6.ClH/c1-6-53-42(50)32-41-45(51)49(33-46(2,3)4)39-26-25-36(47)31-38(39)43(55-41)37-23-13-24-40(44(37)52-5)54-30-16-29-48(27-14-21-34-17-9-7-10-18-34)28-15-22-35-19-11-8-12-20-35;/h7-13,17-20,23-26,31,41,43H,6,14-16,21-22,27-30,32-33H2,1-5H3;1H/t41-,43-;/m0./s1. The molecule has 0 saturated carbocycles. The Morgan fingerprint density at radius 1 is 0.839 bits per heavy atom. The van der Waals surface area contributed by atoms with Crippen molar-refractivity contribution in [1.82, 2.24) is 4.90 Å². The monoisotopic (exact) mass is 804 g/mol. The Balaban J connectivity index is 0.00000696. The summed E-state index contributed by atoms with van der Waals surface area (Å²) in [4.78, 5) is 31.3. The van der Waals surface area contributed by atoms with Crippen LogP contribution in [0.2, 0.25) is 5.02 Å². The number of halogens is 2. The van der Waals surface area contributed by atoms with Crippen molar-refractivity contribution in [2.24, 2.45) is 5.41 Å². The largest absolute Gasteiger partial charge is 0.492 e. The van der Waals surface area contributed by atoms with E-state index in [0.717, 1.165) is 51.7 Å². The zero-order valence-corrected chi connectivity index (χ0v) is 35.1. The van der Waals surface area contributed by atoms with Crippen LogP contribution in [0.25, 0.3) is 0 Å². The highest BCUT2D eigenvalue weighted by atomic mass is 35.5. The number of para-hydroxylation sites is 1. The highest BCUT2D eigenvalue weighted by Gasteiger charge is 2.40. The smallest absolute Gasteiger partial charge is 0.308 e. The molecule has 0 saturated heterocycles. The third kappa shape index (κ3) is 13.0. The van der Waals surface area contributed by atoms with Gasteiger partial charge in [0.1, 0.15) is 12.2 Å². The number of benzene rings is 4. The summed E-state index contributed by atoms with van der Waals surface area (Å²) in [5, 5.41) is 0.503. The quantitative estimate of drug-likeness (QED) is 0.0690. The van der Waals surface area contributed by atoms with E-state index < -0.39 is 18.2 Å². The summed E-state index contributed by atoms with van der Waals surface area (Å²) in [6, 6.07) is 32.5. The van der Waals surface area contributed by atoms with E-state index >= 15 is 0 Å². The van der Waals surface area contributed by atoms with Crippen LogP contribution in [0, 0.1) is 5.41 Å². The van der Waals surface area contributed by atoms with Gasteiger partial charge >= 0.3 is 5.97 Å². The first-order chi connectivity index (χ1) is 26.6. The van der Waals surface area contributed by atoms with E-state index in [2.05, 4.69) is 86.3 Å². The molecule has 0 N–H and O–H groups in total. The number of nitrogens with zero attached hydrogens (tertiary/aromatic N) is 2. The molecule has 8 nitrogen and oxygen atoms in total. The molecule has 0 spiro atoms. The molecule has 0 aromatic heterocycles. The minimum atomic E-state index is -1.10. The number of anilines is 1. The van der Waals surface area contributed by atoms with Gasteiger partial charge in [0, 0.05) is 34.9 Å². The number of methoxy groups -OCH3 is 1. The van der Waals surface area contributed by atoms with Gasteiger partial charge in [0.2, 0.25) is 0 Å². The number of hydrogen-bond acceptors (Lipinski definition) is 7. The molecule has 302 valence electrons. The van der Waals surface area contributed by atoms with E-state index in [0.29, 0.717) is 46.5 Å². The maximum Gasteiger partial charge on any atom is 0.308 e. The zero-order valence-electron chi connectivity index (χ0n) is 33.5. The summed E-state index contributed by atoms with van der Waals surface area (Å²) < 4.78 is 24.4. The Morgan fingerprint density at radius 3 is 2.05 bits per heavy atom. The van der Waals surface area contributed by atoms with Gasteiger partial charge in [0.05, 0.1) is 26.7 Å². The van der Waals surface area contributed by atoms with Gasteiger partial charge in [-0.3, -0.25) is 9.59 Å². The van der Waals surface area contributed by atoms with Crippen LogP contribution < -0.4 is 14.4 Å². The van der Waals surface area contributed by atoms with Crippen molar-refractivity contribution in [3.8, 4) is 11.5 Å².